The number of hydrogen-bond acceptors (Lipinski definition) is 4. The van der Waals surface area contributed by atoms with Crippen LogP contribution in [0.3, 0.4) is 0 Å². The third-order valence-electron chi connectivity index (χ3n) is 4.91. The van der Waals surface area contributed by atoms with Gasteiger partial charge in [0.1, 0.15) is 5.01 Å². The first-order chi connectivity index (χ1) is 12.2. The van der Waals surface area contributed by atoms with Gasteiger partial charge in [-0.05, 0) is 18.4 Å². The van der Waals surface area contributed by atoms with Gasteiger partial charge < -0.3 is 9.80 Å². The normalized spacial score (nSPS) is 20.1. The molecule has 1 aliphatic carbocycles. The number of carbonyl (C=O) groups is 2. The minimum atomic E-state index is 0.0414. The Morgan fingerprint density at radius 2 is 2.08 bits per heavy atom. The van der Waals surface area contributed by atoms with E-state index in [9.17, 15) is 9.59 Å². The molecule has 2 aromatic rings. The number of aromatic nitrogens is 1. The fraction of sp³-hybridized carbons (Fsp3) is 0.421. The van der Waals surface area contributed by atoms with Crippen LogP contribution < -0.4 is 0 Å². The van der Waals surface area contributed by atoms with Gasteiger partial charge in [-0.1, -0.05) is 30.3 Å². The summed E-state index contributed by atoms with van der Waals surface area (Å²) in [6.07, 6.45) is 4.37. The molecule has 130 valence electrons. The molecule has 1 aliphatic heterocycles. The summed E-state index contributed by atoms with van der Waals surface area (Å²) in [6.45, 7) is 1.37. The van der Waals surface area contributed by atoms with Crippen LogP contribution in [0.15, 0.2) is 41.9 Å². The maximum absolute atomic E-state index is 12.8. The van der Waals surface area contributed by atoms with Crippen LogP contribution in [0.5, 0.6) is 0 Å². The van der Waals surface area contributed by atoms with Gasteiger partial charge in [0.2, 0.25) is 11.8 Å². The molecule has 0 spiro atoms. The zero-order valence-electron chi connectivity index (χ0n) is 14.0. The number of carbonyl (C=O) groups excluding carboxylic acids is 2. The number of rotatable bonds is 6. The summed E-state index contributed by atoms with van der Waals surface area (Å²) in [7, 11) is 0. The Bertz CT molecular complexity index is 743. The van der Waals surface area contributed by atoms with Crippen LogP contribution in [0.1, 0.15) is 35.8 Å². The molecule has 5 nitrogen and oxygen atoms in total. The lowest BCUT2D eigenvalue weighted by Crippen LogP contribution is -2.41. The highest BCUT2D eigenvalue weighted by Crippen LogP contribution is 2.31. The standard InChI is InChI=1S/C19H21N3O2S/c23-18-10-15(14-4-2-1-3-5-14)11-21(18)13-19(24)22(16-6-7-16)12-17-20-8-9-25-17/h1-5,8-9,15-16H,6-7,10-13H2/t15-/m1/s1. The SMILES string of the molecule is O=C1C[C@@H](c2ccccc2)CN1CC(=O)N(Cc1nccs1)C1CC1. The molecule has 0 bridgehead atoms. The van der Waals surface area contributed by atoms with Gasteiger partial charge in [0.25, 0.3) is 0 Å². The van der Waals surface area contributed by atoms with Crippen LogP contribution >= 0.6 is 11.3 Å². The molecule has 0 radical (unpaired) electrons. The lowest BCUT2D eigenvalue weighted by molar-refractivity contribution is -0.139. The fourth-order valence-electron chi connectivity index (χ4n) is 3.41. The Labute approximate surface area is 151 Å². The van der Waals surface area contributed by atoms with E-state index in [2.05, 4.69) is 17.1 Å². The quantitative estimate of drug-likeness (QED) is 0.800. The van der Waals surface area contributed by atoms with Gasteiger partial charge in [-0.15, -0.1) is 11.3 Å². The highest BCUT2D eigenvalue weighted by molar-refractivity contribution is 7.09. The van der Waals surface area contributed by atoms with Crippen molar-refractivity contribution in [3.63, 3.8) is 0 Å². The lowest BCUT2D eigenvalue weighted by Gasteiger charge is -2.25. The van der Waals surface area contributed by atoms with Crippen LogP contribution in [0.2, 0.25) is 0 Å². The van der Waals surface area contributed by atoms with E-state index in [4.69, 9.17) is 0 Å². The molecular weight excluding hydrogens is 334 g/mol. The number of likely N-dealkylation sites (tertiary alicyclic amines) is 1. The molecule has 1 saturated heterocycles. The molecule has 1 saturated carbocycles. The van der Waals surface area contributed by atoms with Crippen molar-refractivity contribution < 1.29 is 9.59 Å². The maximum atomic E-state index is 12.8. The first kappa shape index (κ1) is 16.3. The number of nitrogens with zero attached hydrogens (tertiary/aromatic N) is 3. The first-order valence-corrected chi connectivity index (χ1v) is 9.59. The Hall–Kier alpha value is -2.21. The summed E-state index contributed by atoms with van der Waals surface area (Å²) < 4.78 is 0. The average Bonchev–Trinajstić information content (AvgIpc) is 3.21. The zero-order chi connectivity index (χ0) is 17.2. The Morgan fingerprint density at radius 1 is 1.28 bits per heavy atom. The predicted molar refractivity (Wildman–Crippen MR) is 96.1 cm³/mol. The van der Waals surface area contributed by atoms with E-state index in [0.717, 1.165) is 17.8 Å². The molecule has 6 heteroatoms. The summed E-state index contributed by atoms with van der Waals surface area (Å²) in [5, 5.41) is 2.88. The van der Waals surface area contributed by atoms with Crippen LogP contribution in [0.25, 0.3) is 0 Å². The molecule has 1 aromatic carbocycles. The zero-order valence-corrected chi connectivity index (χ0v) is 14.8. The van der Waals surface area contributed by atoms with Gasteiger partial charge in [0.05, 0.1) is 13.1 Å². The van der Waals surface area contributed by atoms with E-state index in [1.807, 2.05) is 28.5 Å². The third-order valence-corrected chi connectivity index (χ3v) is 5.67. The summed E-state index contributed by atoms with van der Waals surface area (Å²) in [5.41, 5.74) is 1.17. The molecule has 2 heterocycles. The fourth-order valence-corrected chi connectivity index (χ4v) is 4.03. The predicted octanol–water partition coefficient (Wildman–Crippen LogP) is 2.65. The maximum Gasteiger partial charge on any atom is 0.242 e. The summed E-state index contributed by atoms with van der Waals surface area (Å²) >= 11 is 1.57. The van der Waals surface area contributed by atoms with Crippen molar-refractivity contribution in [3.8, 4) is 0 Å². The van der Waals surface area contributed by atoms with E-state index in [0.29, 0.717) is 25.6 Å². The molecule has 2 amide bonds. The van der Waals surface area contributed by atoms with Gasteiger partial charge in [0.15, 0.2) is 0 Å². The largest absolute Gasteiger partial charge is 0.333 e. The van der Waals surface area contributed by atoms with E-state index in [-0.39, 0.29) is 24.3 Å². The second-order valence-electron chi connectivity index (χ2n) is 6.76. The van der Waals surface area contributed by atoms with Crippen LogP contribution in [-0.4, -0.2) is 45.7 Å². The van der Waals surface area contributed by atoms with Crippen LogP contribution in [-0.2, 0) is 16.1 Å². The van der Waals surface area contributed by atoms with E-state index >= 15 is 0 Å². The lowest BCUT2D eigenvalue weighted by atomic mass is 9.99. The number of hydrogen-bond donors (Lipinski definition) is 0. The monoisotopic (exact) mass is 355 g/mol. The first-order valence-electron chi connectivity index (χ1n) is 8.71. The molecule has 2 aliphatic rings. The van der Waals surface area contributed by atoms with Crippen molar-refractivity contribution in [1.82, 2.24) is 14.8 Å². The number of benzene rings is 1. The highest BCUT2D eigenvalue weighted by Gasteiger charge is 2.37. The van der Waals surface area contributed by atoms with Crippen molar-refractivity contribution >= 4 is 23.2 Å². The highest BCUT2D eigenvalue weighted by atomic mass is 32.1. The van der Waals surface area contributed by atoms with Crippen molar-refractivity contribution in [2.75, 3.05) is 13.1 Å². The smallest absolute Gasteiger partial charge is 0.242 e. The van der Waals surface area contributed by atoms with Crippen molar-refractivity contribution in [2.24, 2.45) is 0 Å². The van der Waals surface area contributed by atoms with E-state index in [1.165, 1.54) is 5.56 Å². The molecule has 2 fully saturated rings. The molecule has 0 unspecified atom stereocenters. The van der Waals surface area contributed by atoms with Crippen molar-refractivity contribution in [1.29, 1.82) is 0 Å². The Kier molecular flexibility index (Phi) is 4.53. The molecular formula is C19H21N3O2S. The topological polar surface area (TPSA) is 53.5 Å². The summed E-state index contributed by atoms with van der Waals surface area (Å²) in [6, 6.07) is 10.4. The van der Waals surface area contributed by atoms with Gasteiger partial charge in [-0.3, -0.25) is 9.59 Å². The number of thiazole rings is 1. The Morgan fingerprint density at radius 3 is 2.76 bits per heavy atom. The van der Waals surface area contributed by atoms with Crippen molar-refractivity contribution in [3.05, 3.63) is 52.5 Å². The number of amides is 2. The molecule has 25 heavy (non-hydrogen) atoms. The third kappa shape index (κ3) is 3.74. The van der Waals surface area contributed by atoms with Crippen LogP contribution in [0.4, 0.5) is 0 Å². The van der Waals surface area contributed by atoms with Crippen molar-refractivity contribution in [2.45, 2.75) is 37.8 Å². The second kappa shape index (κ2) is 6.96. The molecule has 4 rings (SSSR count). The molecule has 1 atom stereocenters. The minimum absolute atomic E-state index is 0.0414. The average molecular weight is 355 g/mol. The van der Waals surface area contributed by atoms with Gasteiger partial charge in [-0.2, -0.15) is 0 Å². The van der Waals surface area contributed by atoms with E-state index < -0.39 is 0 Å². The molecule has 1 aromatic heterocycles. The summed E-state index contributed by atoms with van der Waals surface area (Å²) in [5.74, 6) is 0.307. The van der Waals surface area contributed by atoms with Gasteiger partial charge in [0, 0.05) is 36.5 Å². The van der Waals surface area contributed by atoms with Gasteiger partial charge in [-0.25, -0.2) is 4.98 Å². The van der Waals surface area contributed by atoms with E-state index in [1.54, 1.807) is 22.4 Å². The second-order valence-corrected chi connectivity index (χ2v) is 7.74. The molecule has 0 N–H and O–H groups in total. The van der Waals surface area contributed by atoms with Crippen LogP contribution in [0, 0.1) is 0 Å². The Balaban J connectivity index is 1.40. The summed E-state index contributed by atoms with van der Waals surface area (Å²) in [4.78, 5) is 33.1. The van der Waals surface area contributed by atoms with Gasteiger partial charge >= 0.3 is 0 Å². The minimum Gasteiger partial charge on any atom is -0.333 e.